The van der Waals surface area contributed by atoms with Gasteiger partial charge >= 0.3 is 0 Å². The number of ether oxygens (including phenoxy) is 1. The standard InChI is InChI=1S/C19H18Cl2N2O3/c1-11-7-13(20)3-5-15(11)22-19(25)12-8-18(24)23(10-12)16-9-14(21)4-6-17(16)26-2/h3-7,9,12H,8,10H2,1-2H3,(H,22,25). The Hall–Kier alpha value is -2.24. The van der Waals surface area contributed by atoms with Gasteiger partial charge in [0.2, 0.25) is 11.8 Å². The number of benzene rings is 2. The Balaban J connectivity index is 1.77. The summed E-state index contributed by atoms with van der Waals surface area (Å²) in [5.41, 5.74) is 2.12. The molecular weight excluding hydrogens is 375 g/mol. The maximum atomic E-state index is 12.6. The van der Waals surface area contributed by atoms with Crippen LogP contribution in [0.15, 0.2) is 36.4 Å². The SMILES string of the molecule is COc1ccc(Cl)cc1N1CC(C(=O)Nc2ccc(Cl)cc2C)CC1=O. The molecule has 1 fully saturated rings. The molecule has 0 saturated carbocycles. The second kappa shape index (κ2) is 7.56. The number of amides is 2. The maximum Gasteiger partial charge on any atom is 0.229 e. The molecule has 2 aromatic rings. The van der Waals surface area contributed by atoms with E-state index in [0.717, 1.165) is 5.56 Å². The van der Waals surface area contributed by atoms with E-state index >= 15 is 0 Å². The van der Waals surface area contributed by atoms with E-state index in [1.807, 2.05) is 6.92 Å². The van der Waals surface area contributed by atoms with Crippen molar-refractivity contribution in [1.29, 1.82) is 0 Å². The molecule has 1 unspecified atom stereocenters. The van der Waals surface area contributed by atoms with Crippen LogP contribution in [0.3, 0.4) is 0 Å². The molecule has 0 aromatic heterocycles. The van der Waals surface area contributed by atoms with Crippen LogP contribution in [0, 0.1) is 12.8 Å². The number of hydrogen-bond acceptors (Lipinski definition) is 3. The number of nitrogens with one attached hydrogen (secondary N) is 1. The lowest BCUT2D eigenvalue weighted by molar-refractivity contribution is -0.122. The molecule has 1 aliphatic heterocycles. The Morgan fingerprint density at radius 2 is 1.88 bits per heavy atom. The van der Waals surface area contributed by atoms with E-state index < -0.39 is 5.92 Å². The van der Waals surface area contributed by atoms with Crippen LogP contribution in [-0.2, 0) is 9.59 Å². The van der Waals surface area contributed by atoms with E-state index in [2.05, 4.69) is 5.32 Å². The maximum absolute atomic E-state index is 12.6. The minimum Gasteiger partial charge on any atom is -0.495 e. The summed E-state index contributed by atoms with van der Waals surface area (Å²) >= 11 is 12.0. The highest BCUT2D eigenvalue weighted by atomic mass is 35.5. The van der Waals surface area contributed by atoms with Crippen LogP contribution < -0.4 is 15.0 Å². The second-order valence-electron chi connectivity index (χ2n) is 6.17. The number of halogens is 2. The average Bonchev–Trinajstić information content (AvgIpc) is 2.99. The van der Waals surface area contributed by atoms with Gasteiger partial charge in [0.1, 0.15) is 5.75 Å². The first-order valence-corrected chi connectivity index (χ1v) is 8.85. The predicted molar refractivity (Wildman–Crippen MR) is 103 cm³/mol. The van der Waals surface area contributed by atoms with Crippen LogP contribution in [0.4, 0.5) is 11.4 Å². The Bertz CT molecular complexity index is 870. The molecule has 136 valence electrons. The highest BCUT2D eigenvalue weighted by Crippen LogP contribution is 2.35. The zero-order chi connectivity index (χ0) is 18.8. The fraction of sp³-hybridized carbons (Fsp3) is 0.263. The quantitative estimate of drug-likeness (QED) is 0.843. The monoisotopic (exact) mass is 392 g/mol. The normalized spacial score (nSPS) is 16.7. The Morgan fingerprint density at radius 3 is 2.58 bits per heavy atom. The molecule has 5 nitrogen and oxygen atoms in total. The van der Waals surface area contributed by atoms with Crippen LogP contribution >= 0.6 is 23.2 Å². The van der Waals surface area contributed by atoms with E-state index in [1.54, 1.807) is 41.3 Å². The van der Waals surface area contributed by atoms with Gasteiger partial charge in [0.25, 0.3) is 0 Å². The van der Waals surface area contributed by atoms with Gasteiger partial charge in [-0.25, -0.2) is 0 Å². The molecule has 1 saturated heterocycles. The first-order valence-electron chi connectivity index (χ1n) is 8.10. The summed E-state index contributed by atoms with van der Waals surface area (Å²) in [5.74, 6) is -0.260. The van der Waals surface area contributed by atoms with Crippen LogP contribution in [0.25, 0.3) is 0 Å². The van der Waals surface area contributed by atoms with Crippen molar-refractivity contribution < 1.29 is 14.3 Å². The molecule has 3 rings (SSSR count). The number of anilines is 2. The lowest BCUT2D eigenvalue weighted by atomic mass is 10.1. The van der Waals surface area contributed by atoms with Crippen molar-refractivity contribution in [3.8, 4) is 5.75 Å². The van der Waals surface area contributed by atoms with Crippen LogP contribution in [0.5, 0.6) is 5.75 Å². The molecule has 0 spiro atoms. The van der Waals surface area contributed by atoms with E-state index in [9.17, 15) is 9.59 Å². The van der Waals surface area contributed by atoms with Crippen molar-refractivity contribution >= 4 is 46.4 Å². The van der Waals surface area contributed by atoms with Crippen molar-refractivity contribution in [2.24, 2.45) is 5.92 Å². The number of hydrogen-bond donors (Lipinski definition) is 1. The zero-order valence-corrected chi connectivity index (χ0v) is 15.9. The molecule has 1 aliphatic rings. The Labute approximate surface area is 161 Å². The number of methoxy groups -OCH3 is 1. The van der Waals surface area contributed by atoms with Crippen LogP contribution in [0.2, 0.25) is 10.0 Å². The van der Waals surface area contributed by atoms with Gasteiger partial charge in [-0.1, -0.05) is 23.2 Å². The van der Waals surface area contributed by atoms with Crippen molar-refractivity contribution in [2.45, 2.75) is 13.3 Å². The first kappa shape index (κ1) is 18.5. The molecular formula is C19H18Cl2N2O3. The molecule has 0 aliphatic carbocycles. The Kier molecular flexibility index (Phi) is 5.39. The fourth-order valence-electron chi connectivity index (χ4n) is 2.99. The number of nitrogens with zero attached hydrogens (tertiary/aromatic N) is 1. The first-order chi connectivity index (χ1) is 12.4. The smallest absolute Gasteiger partial charge is 0.229 e. The van der Waals surface area contributed by atoms with Crippen molar-refractivity contribution in [1.82, 2.24) is 0 Å². The van der Waals surface area contributed by atoms with Gasteiger partial charge in [0.05, 0.1) is 18.7 Å². The molecule has 7 heteroatoms. The summed E-state index contributed by atoms with van der Waals surface area (Å²) < 4.78 is 5.31. The number of aryl methyl sites for hydroxylation is 1. The predicted octanol–water partition coefficient (Wildman–Crippen LogP) is 4.30. The average molecular weight is 393 g/mol. The van der Waals surface area contributed by atoms with Gasteiger partial charge in [0.15, 0.2) is 0 Å². The highest BCUT2D eigenvalue weighted by Gasteiger charge is 2.36. The zero-order valence-electron chi connectivity index (χ0n) is 14.4. The summed E-state index contributed by atoms with van der Waals surface area (Å²) in [7, 11) is 1.53. The molecule has 26 heavy (non-hydrogen) atoms. The Morgan fingerprint density at radius 1 is 1.19 bits per heavy atom. The van der Waals surface area contributed by atoms with Gasteiger partial charge in [-0.05, 0) is 48.9 Å². The molecule has 2 amide bonds. The van der Waals surface area contributed by atoms with E-state index in [0.29, 0.717) is 27.2 Å². The van der Waals surface area contributed by atoms with Gasteiger partial charge in [-0.15, -0.1) is 0 Å². The summed E-state index contributed by atoms with van der Waals surface area (Å²) in [6.07, 6.45) is 0.133. The van der Waals surface area contributed by atoms with Crippen LogP contribution in [-0.4, -0.2) is 25.5 Å². The fourth-order valence-corrected chi connectivity index (χ4v) is 3.39. The molecule has 1 N–H and O–H groups in total. The number of carbonyl (C=O) groups excluding carboxylic acids is 2. The third-order valence-electron chi connectivity index (χ3n) is 4.37. The van der Waals surface area contributed by atoms with E-state index in [1.165, 1.54) is 7.11 Å². The van der Waals surface area contributed by atoms with Crippen LogP contribution in [0.1, 0.15) is 12.0 Å². The van der Waals surface area contributed by atoms with Crippen molar-refractivity contribution in [2.75, 3.05) is 23.9 Å². The summed E-state index contributed by atoms with van der Waals surface area (Å²) in [4.78, 5) is 26.6. The van der Waals surface area contributed by atoms with Gasteiger partial charge < -0.3 is 15.0 Å². The van der Waals surface area contributed by atoms with Gasteiger partial charge in [-0.2, -0.15) is 0 Å². The minimum atomic E-state index is -0.457. The number of carbonyl (C=O) groups is 2. The topological polar surface area (TPSA) is 58.6 Å². The van der Waals surface area contributed by atoms with Crippen molar-refractivity contribution in [3.05, 3.63) is 52.0 Å². The molecule has 2 aromatic carbocycles. The summed E-state index contributed by atoms with van der Waals surface area (Å²) in [6.45, 7) is 2.14. The number of rotatable bonds is 4. The van der Waals surface area contributed by atoms with Gasteiger partial charge in [-0.3, -0.25) is 9.59 Å². The lowest BCUT2D eigenvalue weighted by Crippen LogP contribution is -2.28. The summed E-state index contributed by atoms with van der Waals surface area (Å²) in [5, 5.41) is 3.98. The van der Waals surface area contributed by atoms with E-state index in [-0.39, 0.29) is 24.8 Å². The molecule has 0 radical (unpaired) electrons. The highest BCUT2D eigenvalue weighted by molar-refractivity contribution is 6.31. The third-order valence-corrected chi connectivity index (χ3v) is 4.84. The second-order valence-corrected chi connectivity index (χ2v) is 7.04. The third kappa shape index (κ3) is 3.79. The van der Waals surface area contributed by atoms with E-state index in [4.69, 9.17) is 27.9 Å². The lowest BCUT2D eigenvalue weighted by Gasteiger charge is -2.20. The van der Waals surface area contributed by atoms with Crippen molar-refractivity contribution in [3.63, 3.8) is 0 Å². The summed E-state index contributed by atoms with van der Waals surface area (Å²) in [6, 6.07) is 10.3. The molecule has 1 atom stereocenters. The van der Waals surface area contributed by atoms with Gasteiger partial charge in [0, 0.05) is 28.7 Å². The molecule has 0 bridgehead atoms. The minimum absolute atomic E-state index is 0.133. The molecule has 1 heterocycles. The largest absolute Gasteiger partial charge is 0.495 e.